The number of aliphatic hydroxyl groups is 1. The van der Waals surface area contributed by atoms with Crippen molar-refractivity contribution < 1.29 is 5.11 Å². The maximum absolute atomic E-state index is 9.89. The van der Waals surface area contributed by atoms with Crippen molar-refractivity contribution in [3.8, 4) is 0 Å². The molecule has 2 aliphatic rings. The van der Waals surface area contributed by atoms with Crippen LogP contribution in [-0.4, -0.2) is 11.2 Å². The minimum Gasteiger partial charge on any atom is -0.385 e. The second-order valence-corrected chi connectivity index (χ2v) is 5.50. The Kier molecular flexibility index (Phi) is 1.94. The van der Waals surface area contributed by atoms with Gasteiger partial charge < -0.3 is 5.11 Å². The first-order valence-corrected chi connectivity index (χ1v) is 5.46. The topological polar surface area (TPSA) is 20.2 Å². The first-order valence-electron chi connectivity index (χ1n) is 5.46. The predicted molar refractivity (Wildman–Crippen MR) is 58.9 cm³/mol. The lowest BCUT2D eigenvalue weighted by Gasteiger charge is -2.38. The molecular formula is C13H20O. The molecule has 0 heterocycles. The lowest BCUT2D eigenvalue weighted by Crippen LogP contribution is -2.33. The summed E-state index contributed by atoms with van der Waals surface area (Å²) in [4.78, 5) is 0. The Morgan fingerprint density at radius 3 is 2.57 bits per heavy atom. The summed E-state index contributed by atoms with van der Waals surface area (Å²) in [7, 11) is 0. The third kappa shape index (κ3) is 0.939. The van der Waals surface area contributed by atoms with Crippen molar-refractivity contribution in [1.29, 1.82) is 0 Å². The van der Waals surface area contributed by atoms with E-state index in [0.717, 1.165) is 0 Å². The Morgan fingerprint density at radius 1 is 1.57 bits per heavy atom. The highest BCUT2D eigenvalue weighted by atomic mass is 16.3. The number of hydrogen-bond acceptors (Lipinski definition) is 1. The monoisotopic (exact) mass is 192 g/mol. The zero-order valence-corrected chi connectivity index (χ0v) is 9.38. The van der Waals surface area contributed by atoms with Gasteiger partial charge in [0.25, 0.3) is 0 Å². The van der Waals surface area contributed by atoms with Gasteiger partial charge in [-0.05, 0) is 35.2 Å². The van der Waals surface area contributed by atoms with Gasteiger partial charge in [0.05, 0.1) is 6.10 Å². The first kappa shape index (κ1) is 9.97. The highest BCUT2D eigenvalue weighted by Crippen LogP contribution is 2.65. The molecule has 0 aromatic rings. The fourth-order valence-corrected chi connectivity index (χ4v) is 3.30. The molecule has 2 aliphatic carbocycles. The second kappa shape index (κ2) is 2.73. The van der Waals surface area contributed by atoms with Gasteiger partial charge in [-0.1, -0.05) is 32.9 Å². The van der Waals surface area contributed by atoms with E-state index in [-0.39, 0.29) is 5.41 Å². The van der Waals surface area contributed by atoms with E-state index in [1.165, 1.54) is 18.4 Å². The van der Waals surface area contributed by atoms with Gasteiger partial charge in [0.1, 0.15) is 0 Å². The summed E-state index contributed by atoms with van der Waals surface area (Å²) in [5, 5.41) is 9.89. The van der Waals surface area contributed by atoms with Gasteiger partial charge in [0.15, 0.2) is 0 Å². The van der Waals surface area contributed by atoms with Crippen LogP contribution < -0.4 is 0 Å². The van der Waals surface area contributed by atoms with Crippen LogP contribution in [0.2, 0.25) is 0 Å². The Bertz CT molecular complexity index is 300. The summed E-state index contributed by atoms with van der Waals surface area (Å²) in [6, 6.07) is 0. The highest BCUT2D eigenvalue weighted by Gasteiger charge is 2.57. The van der Waals surface area contributed by atoms with Gasteiger partial charge in [0.2, 0.25) is 0 Å². The van der Waals surface area contributed by atoms with Crippen molar-refractivity contribution >= 4 is 0 Å². The van der Waals surface area contributed by atoms with Crippen molar-refractivity contribution in [2.24, 2.45) is 16.7 Å². The fourth-order valence-electron chi connectivity index (χ4n) is 3.30. The molecule has 0 saturated heterocycles. The lowest BCUT2D eigenvalue weighted by molar-refractivity contribution is 0.138. The molecule has 0 radical (unpaired) electrons. The normalized spacial score (nSPS) is 40.9. The molecule has 0 spiro atoms. The fraction of sp³-hybridized carbons (Fsp3) is 0.692. The van der Waals surface area contributed by atoms with Crippen molar-refractivity contribution in [2.75, 3.05) is 0 Å². The van der Waals surface area contributed by atoms with Crippen LogP contribution in [0.3, 0.4) is 0 Å². The minimum absolute atomic E-state index is 0.186. The van der Waals surface area contributed by atoms with E-state index in [1.807, 2.05) is 0 Å². The van der Waals surface area contributed by atoms with Crippen LogP contribution >= 0.6 is 0 Å². The van der Waals surface area contributed by atoms with Crippen LogP contribution in [0.5, 0.6) is 0 Å². The molecule has 1 heteroatoms. The van der Waals surface area contributed by atoms with Gasteiger partial charge in [-0.15, -0.1) is 6.58 Å². The van der Waals surface area contributed by atoms with Crippen LogP contribution in [0.15, 0.2) is 24.3 Å². The van der Waals surface area contributed by atoms with E-state index in [2.05, 4.69) is 33.4 Å². The van der Waals surface area contributed by atoms with Gasteiger partial charge in [0, 0.05) is 0 Å². The molecular weight excluding hydrogens is 172 g/mol. The average Bonchev–Trinajstić information content (AvgIpc) is 2.47. The Balaban J connectivity index is 2.41. The molecule has 2 bridgehead atoms. The molecule has 1 saturated carbocycles. The Morgan fingerprint density at radius 2 is 2.21 bits per heavy atom. The standard InChI is InChI=1S/C13H20O/c1-5-11(14)10-8-9-6-7-13(10,4)12(9,2)3/h5,8-9,11,14H,1,6-7H2,2-4H3/t9-,11?,13+/m1/s1. The van der Waals surface area contributed by atoms with E-state index in [9.17, 15) is 5.11 Å². The smallest absolute Gasteiger partial charge is 0.0934 e. The zero-order chi connectivity index (χ0) is 10.6. The summed E-state index contributed by atoms with van der Waals surface area (Å²) in [6.45, 7) is 10.6. The zero-order valence-electron chi connectivity index (χ0n) is 9.38. The van der Waals surface area contributed by atoms with Gasteiger partial charge in [-0.2, -0.15) is 0 Å². The largest absolute Gasteiger partial charge is 0.385 e. The molecule has 0 aromatic heterocycles. The van der Waals surface area contributed by atoms with E-state index in [4.69, 9.17) is 0 Å². The first-order chi connectivity index (χ1) is 6.43. The van der Waals surface area contributed by atoms with Gasteiger partial charge in [-0.3, -0.25) is 0 Å². The van der Waals surface area contributed by atoms with Crippen LogP contribution in [0, 0.1) is 16.7 Å². The molecule has 2 rings (SSSR count). The van der Waals surface area contributed by atoms with Gasteiger partial charge >= 0.3 is 0 Å². The molecule has 14 heavy (non-hydrogen) atoms. The van der Waals surface area contributed by atoms with Crippen LogP contribution in [0.25, 0.3) is 0 Å². The number of hydrogen-bond donors (Lipinski definition) is 1. The molecule has 1 nitrogen and oxygen atoms in total. The quantitative estimate of drug-likeness (QED) is 0.667. The summed E-state index contributed by atoms with van der Waals surface area (Å²) < 4.78 is 0. The van der Waals surface area contributed by atoms with E-state index in [1.54, 1.807) is 6.08 Å². The molecule has 0 amide bonds. The highest BCUT2D eigenvalue weighted by molar-refractivity contribution is 5.36. The predicted octanol–water partition coefficient (Wildman–Crippen LogP) is 2.92. The van der Waals surface area contributed by atoms with Crippen LogP contribution in [0.4, 0.5) is 0 Å². The average molecular weight is 192 g/mol. The second-order valence-electron chi connectivity index (χ2n) is 5.50. The Hall–Kier alpha value is -0.560. The molecule has 1 unspecified atom stereocenters. The van der Waals surface area contributed by atoms with Crippen LogP contribution in [0.1, 0.15) is 33.6 Å². The SMILES string of the molecule is C=CC(O)C1=C[C@H]2CC[C@]1(C)C2(C)C. The van der Waals surface area contributed by atoms with Crippen molar-refractivity contribution in [1.82, 2.24) is 0 Å². The summed E-state index contributed by atoms with van der Waals surface area (Å²) >= 11 is 0. The van der Waals surface area contributed by atoms with E-state index < -0.39 is 6.10 Å². The lowest BCUT2D eigenvalue weighted by atomic mass is 9.66. The van der Waals surface area contributed by atoms with Crippen molar-refractivity contribution in [2.45, 2.75) is 39.7 Å². The number of fused-ring (bicyclic) bond motifs is 2. The maximum Gasteiger partial charge on any atom is 0.0934 e. The molecule has 0 aliphatic heterocycles. The molecule has 1 N–H and O–H groups in total. The van der Waals surface area contributed by atoms with Crippen LogP contribution in [-0.2, 0) is 0 Å². The van der Waals surface area contributed by atoms with Gasteiger partial charge in [-0.25, -0.2) is 0 Å². The summed E-state index contributed by atoms with van der Waals surface area (Å²) in [6.07, 6.45) is 5.98. The summed E-state index contributed by atoms with van der Waals surface area (Å²) in [5.74, 6) is 0.650. The number of allylic oxidation sites excluding steroid dienone is 1. The molecule has 0 aromatic carbocycles. The van der Waals surface area contributed by atoms with Crippen molar-refractivity contribution in [3.63, 3.8) is 0 Å². The van der Waals surface area contributed by atoms with E-state index in [0.29, 0.717) is 11.3 Å². The molecule has 1 fully saturated rings. The third-order valence-corrected chi connectivity index (χ3v) is 4.86. The molecule has 3 atom stereocenters. The summed E-state index contributed by atoms with van der Waals surface area (Å²) in [5.41, 5.74) is 1.70. The number of aliphatic hydroxyl groups excluding tert-OH is 1. The number of rotatable bonds is 2. The Labute approximate surface area is 86.5 Å². The minimum atomic E-state index is -0.440. The van der Waals surface area contributed by atoms with Crippen molar-refractivity contribution in [3.05, 3.63) is 24.3 Å². The molecule has 78 valence electrons. The third-order valence-electron chi connectivity index (χ3n) is 4.86. The van der Waals surface area contributed by atoms with E-state index >= 15 is 0 Å². The maximum atomic E-state index is 9.89.